The lowest BCUT2D eigenvalue weighted by molar-refractivity contribution is -0.127. The summed E-state index contributed by atoms with van der Waals surface area (Å²) in [6, 6.07) is 7.95. The Morgan fingerprint density at radius 1 is 1.33 bits per heavy atom. The molecule has 1 aliphatic rings. The third-order valence-corrected chi connectivity index (χ3v) is 3.98. The Hall–Kier alpha value is -2.70. The molecule has 0 radical (unpaired) electrons. The van der Waals surface area contributed by atoms with E-state index in [1.807, 2.05) is 24.3 Å². The zero-order valence-electron chi connectivity index (χ0n) is 14.2. The Morgan fingerprint density at radius 3 is 2.54 bits per heavy atom. The van der Waals surface area contributed by atoms with E-state index in [2.05, 4.69) is 39.8 Å². The zero-order chi connectivity index (χ0) is 17.5. The molecular weight excluding hydrogens is 306 g/mol. The molecule has 2 amide bonds. The van der Waals surface area contributed by atoms with Crippen LogP contribution in [0, 0.1) is 5.92 Å². The van der Waals surface area contributed by atoms with E-state index in [1.54, 1.807) is 13.1 Å². The molecule has 1 heterocycles. The van der Waals surface area contributed by atoms with Gasteiger partial charge in [-0.1, -0.05) is 12.1 Å². The van der Waals surface area contributed by atoms with E-state index in [0.29, 0.717) is 5.71 Å². The number of rotatable bonds is 7. The highest BCUT2D eigenvalue weighted by atomic mass is 16.2. The second-order valence-corrected chi connectivity index (χ2v) is 5.54. The van der Waals surface area contributed by atoms with Gasteiger partial charge in [-0.25, -0.2) is 10.9 Å². The van der Waals surface area contributed by atoms with Crippen LogP contribution in [0.25, 0.3) is 0 Å². The van der Waals surface area contributed by atoms with Crippen molar-refractivity contribution >= 4 is 29.4 Å². The van der Waals surface area contributed by atoms with Crippen molar-refractivity contribution in [2.45, 2.75) is 27.2 Å². The molecular formula is C17H23N5O2. The molecule has 0 aliphatic carbocycles. The first-order chi connectivity index (χ1) is 11.5. The molecule has 1 atom stereocenters. The third kappa shape index (κ3) is 4.41. The molecule has 0 saturated heterocycles. The maximum Gasteiger partial charge on any atom is 0.249 e. The van der Waals surface area contributed by atoms with Crippen LogP contribution < -0.4 is 15.8 Å². The molecule has 1 aromatic carbocycles. The number of carbonyl (C=O) groups is 2. The van der Waals surface area contributed by atoms with Gasteiger partial charge in [-0.05, 0) is 38.5 Å². The van der Waals surface area contributed by atoms with Gasteiger partial charge in [0.25, 0.3) is 0 Å². The highest BCUT2D eigenvalue weighted by Gasteiger charge is 2.28. The lowest BCUT2D eigenvalue weighted by atomic mass is 10.0. The van der Waals surface area contributed by atoms with Crippen LogP contribution in [0.3, 0.4) is 0 Å². The van der Waals surface area contributed by atoms with Crippen molar-refractivity contribution in [2.75, 3.05) is 18.0 Å². The van der Waals surface area contributed by atoms with Crippen LogP contribution in [0.2, 0.25) is 0 Å². The number of nitrogens with one attached hydrogen (secondary N) is 2. The van der Waals surface area contributed by atoms with Gasteiger partial charge in [-0.2, -0.15) is 10.2 Å². The molecule has 7 heteroatoms. The topological polar surface area (TPSA) is 86.2 Å². The molecule has 0 bridgehead atoms. The SMILES string of the molecule is CCN(CC)c1ccc(/C=N/NC(=O)CC2C(=O)NN=C2C)cc1. The second kappa shape index (κ2) is 8.24. The summed E-state index contributed by atoms with van der Waals surface area (Å²) in [6.45, 7) is 7.86. The summed E-state index contributed by atoms with van der Waals surface area (Å²) in [4.78, 5) is 25.6. The first-order valence-electron chi connectivity index (χ1n) is 8.06. The quantitative estimate of drug-likeness (QED) is 0.587. The molecule has 7 nitrogen and oxygen atoms in total. The summed E-state index contributed by atoms with van der Waals surface area (Å²) in [6.07, 6.45) is 1.62. The van der Waals surface area contributed by atoms with Crippen molar-refractivity contribution in [3.63, 3.8) is 0 Å². The Morgan fingerprint density at radius 2 is 2.00 bits per heavy atom. The molecule has 2 rings (SSSR count). The number of amides is 2. The van der Waals surface area contributed by atoms with Gasteiger partial charge in [0.2, 0.25) is 11.8 Å². The van der Waals surface area contributed by atoms with Gasteiger partial charge in [-0.15, -0.1) is 0 Å². The van der Waals surface area contributed by atoms with Gasteiger partial charge in [0, 0.05) is 30.9 Å². The van der Waals surface area contributed by atoms with Crippen LogP contribution >= 0.6 is 0 Å². The normalized spacial score (nSPS) is 16.9. The third-order valence-electron chi connectivity index (χ3n) is 3.98. The van der Waals surface area contributed by atoms with Gasteiger partial charge in [0.05, 0.1) is 12.1 Å². The predicted octanol–water partition coefficient (Wildman–Crippen LogP) is 1.49. The number of hydrogen-bond acceptors (Lipinski definition) is 5. The highest BCUT2D eigenvalue weighted by molar-refractivity contribution is 6.09. The molecule has 0 spiro atoms. The maximum atomic E-state index is 11.8. The lowest BCUT2D eigenvalue weighted by Crippen LogP contribution is -2.29. The second-order valence-electron chi connectivity index (χ2n) is 5.54. The van der Waals surface area contributed by atoms with Gasteiger partial charge in [-0.3, -0.25) is 9.59 Å². The molecule has 0 aromatic heterocycles. The molecule has 1 aliphatic heterocycles. The van der Waals surface area contributed by atoms with Crippen molar-refractivity contribution in [2.24, 2.45) is 16.1 Å². The van der Waals surface area contributed by atoms with Crippen LogP contribution in [0.1, 0.15) is 32.8 Å². The Labute approximate surface area is 141 Å². The Bertz CT molecular complexity index is 647. The fourth-order valence-electron chi connectivity index (χ4n) is 2.50. The van der Waals surface area contributed by atoms with Gasteiger partial charge in [0.15, 0.2) is 0 Å². The van der Waals surface area contributed by atoms with Crippen molar-refractivity contribution in [3.8, 4) is 0 Å². The molecule has 0 saturated carbocycles. The Kier molecular flexibility index (Phi) is 6.06. The van der Waals surface area contributed by atoms with Crippen LogP contribution in [-0.4, -0.2) is 36.8 Å². The number of benzene rings is 1. The summed E-state index contributed by atoms with van der Waals surface area (Å²) in [7, 11) is 0. The van der Waals surface area contributed by atoms with Crippen LogP contribution in [0.4, 0.5) is 5.69 Å². The monoisotopic (exact) mass is 329 g/mol. The molecule has 1 aromatic rings. The Balaban J connectivity index is 1.86. The molecule has 0 fully saturated rings. The number of hydrogen-bond donors (Lipinski definition) is 2. The minimum absolute atomic E-state index is 0.0411. The minimum Gasteiger partial charge on any atom is -0.372 e. The van der Waals surface area contributed by atoms with Crippen LogP contribution in [-0.2, 0) is 9.59 Å². The fourth-order valence-corrected chi connectivity index (χ4v) is 2.50. The van der Waals surface area contributed by atoms with Gasteiger partial charge >= 0.3 is 0 Å². The maximum absolute atomic E-state index is 11.8. The van der Waals surface area contributed by atoms with Crippen molar-refractivity contribution < 1.29 is 9.59 Å². The average molecular weight is 329 g/mol. The fraction of sp³-hybridized carbons (Fsp3) is 0.412. The zero-order valence-corrected chi connectivity index (χ0v) is 14.2. The summed E-state index contributed by atoms with van der Waals surface area (Å²) < 4.78 is 0. The van der Waals surface area contributed by atoms with E-state index in [9.17, 15) is 9.59 Å². The molecule has 1 unspecified atom stereocenters. The van der Waals surface area contributed by atoms with E-state index in [0.717, 1.165) is 24.3 Å². The first-order valence-corrected chi connectivity index (χ1v) is 8.06. The van der Waals surface area contributed by atoms with E-state index < -0.39 is 5.92 Å². The number of anilines is 1. The smallest absolute Gasteiger partial charge is 0.249 e. The van der Waals surface area contributed by atoms with Gasteiger partial charge in [0.1, 0.15) is 0 Å². The summed E-state index contributed by atoms with van der Waals surface area (Å²) in [5, 5.41) is 7.75. The number of nitrogens with zero attached hydrogens (tertiary/aromatic N) is 3. The summed E-state index contributed by atoms with van der Waals surface area (Å²) in [5.74, 6) is -1.07. The molecule has 128 valence electrons. The molecule has 24 heavy (non-hydrogen) atoms. The summed E-state index contributed by atoms with van der Waals surface area (Å²) in [5.41, 5.74) is 7.46. The minimum atomic E-state index is -0.506. The highest BCUT2D eigenvalue weighted by Crippen LogP contribution is 2.14. The standard InChI is InChI=1S/C17H23N5O2/c1-4-22(5-2)14-8-6-13(7-9-14)11-18-20-16(23)10-15-12(3)19-21-17(15)24/h6-9,11,15H,4-5,10H2,1-3H3,(H,20,23)(H,21,24)/b18-11+. The number of hydrazone groups is 2. The lowest BCUT2D eigenvalue weighted by Gasteiger charge is -2.20. The van der Waals surface area contributed by atoms with E-state index >= 15 is 0 Å². The van der Waals surface area contributed by atoms with Crippen molar-refractivity contribution in [1.29, 1.82) is 0 Å². The van der Waals surface area contributed by atoms with Gasteiger partial charge < -0.3 is 4.90 Å². The van der Waals surface area contributed by atoms with E-state index in [-0.39, 0.29) is 18.2 Å². The predicted molar refractivity (Wildman–Crippen MR) is 95.1 cm³/mol. The van der Waals surface area contributed by atoms with Crippen LogP contribution in [0.5, 0.6) is 0 Å². The van der Waals surface area contributed by atoms with Crippen LogP contribution in [0.15, 0.2) is 34.5 Å². The largest absolute Gasteiger partial charge is 0.372 e. The van der Waals surface area contributed by atoms with E-state index in [1.165, 1.54) is 0 Å². The summed E-state index contributed by atoms with van der Waals surface area (Å²) >= 11 is 0. The van der Waals surface area contributed by atoms with Crippen molar-refractivity contribution in [3.05, 3.63) is 29.8 Å². The average Bonchev–Trinajstić information content (AvgIpc) is 2.89. The number of carbonyl (C=O) groups excluding carboxylic acids is 2. The first kappa shape index (κ1) is 17.7. The van der Waals surface area contributed by atoms with E-state index in [4.69, 9.17) is 0 Å². The molecule has 2 N–H and O–H groups in total. The van der Waals surface area contributed by atoms with Crippen molar-refractivity contribution in [1.82, 2.24) is 10.9 Å².